The number of carbonyl (C=O) groups excluding carboxylic acids is 2. The van der Waals surface area contributed by atoms with Crippen LogP contribution < -0.4 is 24.3 Å². The van der Waals surface area contributed by atoms with Crippen LogP contribution in [0.15, 0.2) is 54.6 Å². The van der Waals surface area contributed by atoms with Gasteiger partial charge in [-0.2, -0.15) is 0 Å². The summed E-state index contributed by atoms with van der Waals surface area (Å²) in [6.07, 6.45) is 2.42. The molecule has 45 heavy (non-hydrogen) atoms. The van der Waals surface area contributed by atoms with E-state index in [1.165, 1.54) is 7.11 Å². The number of fused-ring (bicyclic) bond motifs is 1. The highest BCUT2D eigenvalue weighted by Gasteiger charge is 2.28. The average molecular weight is 615 g/mol. The fraction of sp³-hybridized carbons (Fsp3) is 0.400. The summed E-state index contributed by atoms with van der Waals surface area (Å²) in [5.41, 5.74) is 3.96. The number of benzene rings is 3. The fourth-order valence-corrected chi connectivity index (χ4v) is 6.13. The topological polar surface area (TPSA) is 115 Å². The number of hydrogen-bond acceptors (Lipinski definition) is 8. The number of para-hydroxylation sites is 2. The molecule has 2 N–H and O–H groups in total. The predicted molar refractivity (Wildman–Crippen MR) is 173 cm³/mol. The van der Waals surface area contributed by atoms with Gasteiger partial charge in [-0.1, -0.05) is 24.3 Å². The number of nitrogens with zero attached hydrogens (tertiary/aromatic N) is 2. The number of aromatic nitrogens is 2. The third-order valence-electron chi connectivity index (χ3n) is 8.79. The molecule has 2 heterocycles. The number of nitrogens with one attached hydrogen (secondary N) is 2. The number of methoxy groups -OCH3 is 4. The zero-order chi connectivity index (χ0) is 31.9. The summed E-state index contributed by atoms with van der Waals surface area (Å²) in [7, 11) is 6.27. The third kappa shape index (κ3) is 7.06. The molecular formula is C35H42N4O6. The summed E-state index contributed by atoms with van der Waals surface area (Å²) in [6, 6.07) is 17.4. The first kappa shape index (κ1) is 31.8. The van der Waals surface area contributed by atoms with Gasteiger partial charge in [0.25, 0.3) is 5.91 Å². The Kier molecular flexibility index (Phi) is 10.2. The first-order chi connectivity index (χ1) is 21.9. The average Bonchev–Trinajstić information content (AvgIpc) is 3.52. The van der Waals surface area contributed by atoms with E-state index in [-0.39, 0.29) is 23.5 Å². The smallest absolute Gasteiger partial charge is 0.251 e. The number of piperidine rings is 1. The standard InChI is InChI=1S/C35H42N4O6/c1-22-27(20-30(43-3)33(45-5)32(22)44-4)35(41)36-21-25(23-10-12-26(42-2)13-11-23)16-19-39-17-14-24(15-18-39)31(40)34-37-28-8-6-7-9-29(28)38-34/h6-13,20,24-25H,14-19,21H2,1-5H3,(H,36,41)(H,37,38). The van der Waals surface area contributed by atoms with E-state index in [2.05, 4.69) is 32.3 Å². The number of H-pyrrole nitrogens is 1. The lowest BCUT2D eigenvalue weighted by Crippen LogP contribution is -2.38. The molecule has 10 heteroatoms. The van der Waals surface area contributed by atoms with Crippen LogP contribution in [0.3, 0.4) is 0 Å². The molecule has 5 rings (SSSR count). The van der Waals surface area contributed by atoms with Crippen molar-refractivity contribution < 1.29 is 28.5 Å². The van der Waals surface area contributed by atoms with Crippen LogP contribution in [0.5, 0.6) is 23.0 Å². The molecule has 1 unspecified atom stereocenters. The maximum absolute atomic E-state index is 13.5. The molecule has 0 spiro atoms. The number of imidazole rings is 1. The van der Waals surface area contributed by atoms with Gasteiger partial charge in [-0.3, -0.25) is 9.59 Å². The Morgan fingerprint density at radius 2 is 1.67 bits per heavy atom. The van der Waals surface area contributed by atoms with Crippen molar-refractivity contribution >= 4 is 22.7 Å². The van der Waals surface area contributed by atoms with Gasteiger partial charge in [-0.25, -0.2) is 4.98 Å². The van der Waals surface area contributed by atoms with E-state index >= 15 is 0 Å². The molecule has 1 aliphatic rings. The number of ketones is 1. The molecule has 1 saturated heterocycles. The van der Waals surface area contributed by atoms with Crippen molar-refractivity contribution in [3.8, 4) is 23.0 Å². The number of aromatic amines is 1. The molecule has 1 fully saturated rings. The SMILES string of the molecule is COc1ccc(C(CCN2CCC(C(=O)c3nc4ccccc4[nH]3)CC2)CNC(=O)c2cc(OC)c(OC)c(OC)c2C)cc1. The molecule has 1 atom stereocenters. The molecular weight excluding hydrogens is 572 g/mol. The van der Waals surface area contributed by atoms with E-state index in [4.69, 9.17) is 18.9 Å². The number of likely N-dealkylation sites (tertiary alicyclic amines) is 1. The largest absolute Gasteiger partial charge is 0.497 e. The van der Waals surface area contributed by atoms with Crippen molar-refractivity contribution in [2.24, 2.45) is 5.92 Å². The molecule has 4 aromatic rings. The van der Waals surface area contributed by atoms with E-state index in [1.54, 1.807) is 27.4 Å². The van der Waals surface area contributed by atoms with Crippen LogP contribution >= 0.6 is 0 Å². The molecule has 1 aromatic heterocycles. The van der Waals surface area contributed by atoms with Crippen LogP contribution in [0.25, 0.3) is 11.0 Å². The first-order valence-corrected chi connectivity index (χ1v) is 15.3. The number of hydrogen-bond donors (Lipinski definition) is 2. The van der Waals surface area contributed by atoms with E-state index < -0.39 is 0 Å². The lowest BCUT2D eigenvalue weighted by atomic mass is 9.91. The van der Waals surface area contributed by atoms with Crippen LogP contribution in [-0.2, 0) is 0 Å². The van der Waals surface area contributed by atoms with E-state index in [0.717, 1.165) is 61.2 Å². The molecule has 0 radical (unpaired) electrons. The van der Waals surface area contributed by atoms with Crippen LogP contribution in [-0.4, -0.2) is 81.2 Å². The number of rotatable bonds is 13. The number of carbonyl (C=O) groups is 2. The highest BCUT2D eigenvalue weighted by Crippen LogP contribution is 2.41. The molecule has 3 aromatic carbocycles. The Morgan fingerprint density at radius 1 is 0.956 bits per heavy atom. The minimum Gasteiger partial charge on any atom is -0.497 e. The van der Waals surface area contributed by atoms with Gasteiger partial charge in [-0.15, -0.1) is 0 Å². The van der Waals surface area contributed by atoms with Crippen molar-refractivity contribution in [3.63, 3.8) is 0 Å². The fourth-order valence-electron chi connectivity index (χ4n) is 6.13. The predicted octanol–water partition coefficient (Wildman–Crippen LogP) is 5.40. The van der Waals surface area contributed by atoms with Gasteiger partial charge in [0.15, 0.2) is 17.3 Å². The van der Waals surface area contributed by atoms with Gasteiger partial charge in [-0.05, 0) is 81.7 Å². The quantitative estimate of drug-likeness (QED) is 0.192. The van der Waals surface area contributed by atoms with Crippen LogP contribution in [0, 0.1) is 12.8 Å². The summed E-state index contributed by atoms with van der Waals surface area (Å²) in [5.74, 6) is 2.49. The van der Waals surface area contributed by atoms with Gasteiger partial charge >= 0.3 is 0 Å². The Hall–Kier alpha value is -4.57. The van der Waals surface area contributed by atoms with E-state index in [9.17, 15) is 9.59 Å². The van der Waals surface area contributed by atoms with Crippen LogP contribution in [0.1, 0.15) is 57.3 Å². The number of ether oxygens (including phenoxy) is 4. The van der Waals surface area contributed by atoms with E-state index in [0.29, 0.717) is 40.7 Å². The highest BCUT2D eigenvalue weighted by molar-refractivity contribution is 5.98. The van der Waals surface area contributed by atoms with Gasteiger partial charge in [0.05, 0.1) is 39.5 Å². The summed E-state index contributed by atoms with van der Waals surface area (Å²) in [6.45, 7) is 4.80. The Morgan fingerprint density at radius 3 is 2.31 bits per heavy atom. The molecule has 10 nitrogen and oxygen atoms in total. The zero-order valence-corrected chi connectivity index (χ0v) is 26.6. The zero-order valence-electron chi connectivity index (χ0n) is 26.6. The minimum atomic E-state index is -0.213. The second-order valence-electron chi connectivity index (χ2n) is 11.4. The summed E-state index contributed by atoms with van der Waals surface area (Å²) in [4.78, 5) is 36.8. The first-order valence-electron chi connectivity index (χ1n) is 15.3. The molecule has 1 aliphatic heterocycles. The molecule has 1 amide bonds. The third-order valence-corrected chi connectivity index (χ3v) is 8.79. The lowest BCUT2D eigenvalue weighted by Gasteiger charge is -2.32. The van der Waals surface area contributed by atoms with Crippen LogP contribution in [0.2, 0.25) is 0 Å². The van der Waals surface area contributed by atoms with Gasteiger partial charge in [0.2, 0.25) is 11.5 Å². The normalized spacial score (nSPS) is 14.6. The second-order valence-corrected chi connectivity index (χ2v) is 11.4. The van der Waals surface area contributed by atoms with Crippen LogP contribution in [0.4, 0.5) is 0 Å². The summed E-state index contributed by atoms with van der Waals surface area (Å²) >= 11 is 0. The van der Waals surface area contributed by atoms with Gasteiger partial charge in [0.1, 0.15) is 5.75 Å². The van der Waals surface area contributed by atoms with Crippen molar-refractivity contribution in [3.05, 3.63) is 77.1 Å². The molecule has 0 aliphatic carbocycles. The highest BCUT2D eigenvalue weighted by atomic mass is 16.5. The Bertz CT molecular complexity index is 1590. The van der Waals surface area contributed by atoms with Crippen molar-refractivity contribution in [1.82, 2.24) is 20.2 Å². The van der Waals surface area contributed by atoms with Crippen molar-refractivity contribution in [2.75, 3.05) is 54.6 Å². The monoisotopic (exact) mass is 614 g/mol. The Labute approximate surface area is 264 Å². The van der Waals surface area contributed by atoms with Gasteiger partial charge < -0.3 is 34.1 Å². The number of amides is 1. The van der Waals surface area contributed by atoms with Crippen molar-refractivity contribution in [1.29, 1.82) is 0 Å². The summed E-state index contributed by atoms with van der Waals surface area (Å²) in [5, 5.41) is 3.15. The maximum Gasteiger partial charge on any atom is 0.251 e. The second kappa shape index (κ2) is 14.5. The minimum absolute atomic E-state index is 0.0415. The molecule has 0 bridgehead atoms. The summed E-state index contributed by atoms with van der Waals surface area (Å²) < 4.78 is 21.9. The Balaban J connectivity index is 1.23. The molecule has 0 saturated carbocycles. The number of Topliss-reactive ketones (excluding diaryl/α,β-unsaturated/α-hetero) is 1. The molecule has 238 valence electrons. The van der Waals surface area contributed by atoms with E-state index in [1.807, 2.05) is 43.3 Å². The maximum atomic E-state index is 13.5. The van der Waals surface area contributed by atoms with Gasteiger partial charge in [0, 0.05) is 29.5 Å². The lowest BCUT2D eigenvalue weighted by molar-refractivity contribution is 0.0828. The van der Waals surface area contributed by atoms with Crippen molar-refractivity contribution in [2.45, 2.75) is 32.1 Å².